The maximum atomic E-state index is 11.8. The van der Waals surface area contributed by atoms with Crippen LogP contribution in [0.25, 0.3) is 10.9 Å². The van der Waals surface area contributed by atoms with Crippen LogP contribution >= 0.6 is 0 Å². The molecule has 0 aliphatic heterocycles. The Morgan fingerprint density at radius 1 is 1.25 bits per heavy atom. The van der Waals surface area contributed by atoms with Gasteiger partial charge in [0, 0.05) is 16.6 Å². The molecule has 3 heteroatoms. The Balaban J connectivity index is 2.03. The molecule has 0 bridgehead atoms. The third-order valence-corrected chi connectivity index (χ3v) is 4.21. The Morgan fingerprint density at radius 2 is 1.95 bits per heavy atom. The van der Waals surface area contributed by atoms with E-state index < -0.39 is 0 Å². The third-order valence-electron chi connectivity index (χ3n) is 4.21. The van der Waals surface area contributed by atoms with Gasteiger partial charge in [-0.05, 0) is 68.4 Å². The quantitative estimate of drug-likeness (QED) is 0.869. The highest BCUT2D eigenvalue weighted by Gasteiger charge is 2.17. The summed E-state index contributed by atoms with van der Waals surface area (Å²) in [5.41, 5.74) is 6.24. The molecule has 106 valence electrons. The van der Waals surface area contributed by atoms with Gasteiger partial charge in [0.15, 0.2) is 0 Å². The third kappa shape index (κ3) is 2.33. The topological polar surface area (TPSA) is 42.1 Å². The summed E-state index contributed by atoms with van der Waals surface area (Å²) >= 11 is 0. The van der Waals surface area contributed by atoms with Crippen molar-refractivity contribution < 1.29 is 9.53 Å². The molecule has 0 atom stereocenters. The van der Waals surface area contributed by atoms with E-state index in [2.05, 4.69) is 17.1 Å². The van der Waals surface area contributed by atoms with Crippen molar-refractivity contribution >= 4 is 16.9 Å². The van der Waals surface area contributed by atoms with Crippen molar-refractivity contribution in [1.29, 1.82) is 0 Å². The molecular formula is C17H21NO2. The van der Waals surface area contributed by atoms with Crippen molar-refractivity contribution in [2.75, 3.05) is 6.61 Å². The highest BCUT2D eigenvalue weighted by molar-refractivity contribution is 5.89. The molecule has 0 fully saturated rings. The van der Waals surface area contributed by atoms with Crippen molar-refractivity contribution in [2.24, 2.45) is 0 Å². The van der Waals surface area contributed by atoms with Gasteiger partial charge in [0.25, 0.3) is 0 Å². The normalized spacial score (nSPS) is 14.3. The number of aromatic nitrogens is 1. The lowest BCUT2D eigenvalue weighted by atomic mass is 9.90. The van der Waals surface area contributed by atoms with Gasteiger partial charge >= 0.3 is 5.97 Å². The monoisotopic (exact) mass is 271 g/mol. The van der Waals surface area contributed by atoms with Crippen LogP contribution in [0.4, 0.5) is 0 Å². The molecule has 0 radical (unpaired) electrons. The van der Waals surface area contributed by atoms with Crippen LogP contribution in [0.5, 0.6) is 0 Å². The van der Waals surface area contributed by atoms with Gasteiger partial charge in [-0.25, -0.2) is 0 Å². The van der Waals surface area contributed by atoms with Crippen LogP contribution in [-0.4, -0.2) is 17.6 Å². The van der Waals surface area contributed by atoms with Crippen LogP contribution in [0.15, 0.2) is 12.1 Å². The minimum atomic E-state index is -0.144. The van der Waals surface area contributed by atoms with E-state index in [1.165, 1.54) is 35.8 Å². The van der Waals surface area contributed by atoms with E-state index >= 15 is 0 Å². The van der Waals surface area contributed by atoms with Gasteiger partial charge in [-0.1, -0.05) is 0 Å². The van der Waals surface area contributed by atoms with E-state index in [4.69, 9.17) is 4.74 Å². The van der Waals surface area contributed by atoms with Gasteiger partial charge in [-0.2, -0.15) is 0 Å². The second-order valence-corrected chi connectivity index (χ2v) is 5.58. The van der Waals surface area contributed by atoms with Gasteiger partial charge in [0.05, 0.1) is 13.0 Å². The Labute approximate surface area is 119 Å². The lowest BCUT2D eigenvalue weighted by Crippen LogP contribution is -2.08. The summed E-state index contributed by atoms with van der Waals surface area (Å²) < 4.78 is 5.08. The van der Waals surface area contributed by atoms with Gasteiger partial charge < -0.3 is 9.72 Å². The fourth-order valence-electron chi connectivity index (χ4n) is 3.20. The van der Waals surface area contributed by atoms with E-state index in [1.54, 1.807) is 0 Å². The molecular weight excluding hydrogens is 250 g/mol. The Morgan fingerprint density at radius 3 is 2.65 bits per heavy atom. The number of H-pyrrole nitrogens is 1. The highest BCUT2D eigenvalue weighted by atomic mass is 16.5. The summed E-state index contributed by atoms with van der Waals surface area (Å²) in [6.07, 6.45) is 5.26. The fourth-order valence-corrected chi connectivity index (χ4v) is 3.20. The molecule has 1 heterocycles. The molecule has 0 spiro atoms. The summed E-state index contributed by atoms with van der Waals surface area (Å²) in [5, 5.41) is 1.19. The fraction of sp³-hybridized carbons (Fsp3) is 0.471. The van der Waals surface area contributed by atoms with Crippen molar-refractivity contribution in [3.63, 3.8) is 0 Å². The van der Waals surface area contributed by atoms with E-state index in [1.807, 2.05) is 13.8 Å². The van der Waals surface area contributed by atoms with E-state index in [9.17, 15) is 4.79 Å². The lowest BCUT2D eigenvalue weighted by molar-refractivity contribution is -0.142. The number of ether oxygens (including phenoxy) is 1. The zero-order chi connectivity index (χ0) is 14.1. The van der Waals surface area contributed by atoms with Gasteiger partial charge in [-0.3, -0.25) is 4.79 Å². The van der Waals surface area contributed by atoms with Gasteiger partial charge in [0.2, 0.25) is 0 Å². The number of carbonyl (C=O) groups excluding carboxylic acids is 1. The first-order valence-corrected chi connectivity index (χ1v) is 7.47. The average molecular weight is 271 g/mol. The summed E-state index contributed by atoms with van der Waals surface area (Å²) in [7, 11) is 0. The molecule has 20 heavy (non-hydrogen) atoms. The van der Waals surface area contributed by atoms with Crippen molar-refractivity contribution in [3.8, 4) is 0 Å². The molecule has 3 nitrogen and oxygen atoms in total. The van der Waals surface area contributed by atoms with Crippen LogP contribution in [0.3, 0.4) is 0 Å². The molecule has 0 saturated heterocycles. The molecule has 1 aromatic carbocycles. The number of aryl methyl sites for hydroxylation is 3. The number of esters is 1. The largest absolute Gasteiger partial charge is 0.466 e. The van der Waals surface area contributed by atoms with Crippen LogP contribution in [0.2, 0.25) is 0 Å². The zero-order valence-electron chi connectivity index (χ0n) is 12.2. The van der Waals surface area contributed by atoms with Crippen LogP contribution in [-0.2, 0) is 28.8 Å². The van der Waals surface area contributed by atoms with Gasteiger partial charge in [-0.15, -0.1) is 0 Å². The van der Waals surface area contributed by atoms with Crippen molar-refractivity contribution in [1.82, 2.24) is 4.98 Å². The SMILES string of the molecule is CCOC(=O)Cc1c(C)[nH]c2cc3c(cc12)CCCC3. The molecule has 1 aliphatic rings. The Hall–Kier alpha value is -1.77. The summed E-state index contributed by atoms with van der Waals surface area (Å²) in [5.74, 6) is -0.144. The first-order chi connectivity index (χ1) is 9.69. The first-order valence-electron chi connectivity index (χ1n) is 7.47. The number of fused-ring (bicyclic) bond motifs is 2. The highest BCUT2D eigenvalue weighted by Crippen LogP contribution is 2.30. The predicted molar refractivity (Wildman–Crippen MR) is 80.0 cm³/mol. The molecule has 0 saturated carbocycles. The van der Waals surface area contributed by atoms with Crippen molar-refractivity contribution in [2.45, 2.75) is 46.0 Å². The number of carbonyl (C=O) groups is 1. The van der Waals surface area contributed by atoms with E-state index in [0.29, 0.717) is 13.0 Å². The van der Waals surface area contributed by atoms with E-state index in [-0.39, 0.29) is 5.97 Å². The summed E-state index contributed by atoms with van der Waals surface area (Å²) in [4.78, 5) is 15.2. The first kappa shape index (κ1) is 13.2. The number of rotatable bonds is 3. The predicted octanol–water partition coefficient (Wildman–Crippen LogP) is 3.46. The standard InChI is InChI=1S/C17H21NO2/c1-3-20-17(19)10-14-11(2)18-16-9-13-7-5-4-6-12(13)8-15(14)16/h8-9,18H,3-7,10H2,1-2H3. The molecule has 0 amide bonds. The Kier molecular flexibility index (Phi) is 3.51. The second kappa shape index (κ2) is 5.31. The van der Waals surface area contributed by atoms with Crippen molar-refractivity contribution in [3.05, 3.63) is 34.5 Å². The Bertz CT molecular complexity index is 655. The smallest absolute Gasteiger partial charge is 0.310 e. The minimum Gasteiger partial charge on any atom is -0.466 e. The molecule has 1 aliphatic carbocycles. The lowest BCUT2D eigenvalue weighted by Gasteiger charge is -2.15. The van der Waals surface area contributed by atoms with Gasteiger partial charge in [0.1, 0.15) is 0 Å². The van der Waals surface area contributed by atoms with Crippen LogP contribution < -0.4 is 0 Å². The number of hydrogen-bond acceptors (Lipinski definition) is 2. The van der Waals surface area contributed by atoms with Crippen LogP contribution in [0, 0.1) is 6.92 Å². The summed E-state index contributed by atoms with van der Waals surface area (Å²) in [6.45, 7) is 4.32. The number of hydrogen-bond donors (Lipinski definition) is 1. The molecule has 3 rings (SSSR count). The maximum Gasteiger partial charge on any atom is 0.310 e. The zero-order valence-corrected chi connectivity index (χ0v) is 12.2. The molecule has 2 aromatic rings. The number of aromatic amines is 1. The minimum absolute atomic E-state index is 0.144. The molecule has 1 N–H and O–H groups in total. The summed E-state index contributed by atoms with van der Waals surface area (Å²) in [6, 6.07) is 4.55. The molecule has 1 aromatic heterocycles. The number of nitrogens with one attached hydrogen (secondary N) is 1. The average Bonchev–Trinajstić information content (AvgIpc) is 2.72. The number of benzene rings is 1. The van der Waals surface area contributed by atoms with Crippen LogP contribution in [0.1, 0.15) is 42.1 Å². The van der Waals surface area contributed by atoms with E-state index in [0.717, 1.165) is 23.2 Å². The molecule has 0 unspecified atom stereocenters. The maximum absolute atomic E-state index is 11.8. The second-order valence-electron chi connectivity index (χ2n) is 5.58.